The van der Waals surface area contributed by atoms with Crippen LogP contribution in [-0.2, 0) is 0 Å². The van der Waals surface area contributed by atoms with E-state index in [1.54, 1.807) is 21.3 Å². The molecule has 1 fully saturated rings. The van der Waals surface area contributed by atoms with Crippen molar-refractivity contribution in [3.05, 3.63) is 17.7 Å². The normalized spacial score (nSPS) is 16.9. The molecule has 1 aliphatic rings. The minimum atomic E-state index is 0.0486. The summed E-state index contributed by atoms with van der Waals surface area (Å²) in [7, 11) is 4.85. The summed E-state index contributed by atoms with van der Waals surface area (Å²) in [6.07, 6.45) is 3.69. The molecular weight excluding hydrogens is 230 g/mol. The summed E-state index contributed by atoms with van der Waals surface area (Å²) in [5.41, 5.74) is 7.34. The van der Waals surface area contributed by atoms with Gasteiger partial charge >= 0.3 is 0 Å². The molecule has 4 nitrogen and oxygen atoms in total. The Bertz CT molecular complexity index is 390. The van der Waals surface area contributed by atoms with Crippen LogP contribution in [0.15, 0.2) is 12.1 Å². The molecule has 2 rings (SSSR count). The third-order valence-electron chi connectivity index (χ3n) is 3.73. The number of hydrogen-bond acceptors (Lipinski definition) is 4. The Labute approximate surface area is 108 Å². The largest absolute Gasteiger partial charge is 0.493 e. The molecule has 0 unspecified atom stereocenters. The van der Waals surface area contributed by atoms with Gasteiger partial charge in [0.1, 0.15) is 0 Å². The van der Waals surface area contributed by atoms with Crippen LogP contribution in [0.4, 0.5) is 0 Å². The topological polar surface area (TPSA) is 53.7 Å². The van der Waals surface area contributed by atoms with Crippen molar-refractivity contribution in [3.63, 3.8) is 0 Å². The average molecular weight is 251 g/mol. The van der Waals surface area contributed by atoms with Crippen LogP contribution in [0.5, 0.6) is 17.2 Å². The maximum Gasteiger partial charge on any atom is 0.203 e. The van der Waals surface area contributed by atoms with E-state index in [1.165, 1.54) is 19.3 Å². The maximum atomic E-state index is 6.29. The second-order valence-corrected chi connectivity index (χ2v) is 4.68. The fraction of sp³-hybridized carbons (Fsp3) is 0.571. The Balaban J connectivity index is 2.35. The summed E-state index contributed by atoms with van der Waals surface area (Å²) in [5, 5.41) is 0. The van der Waals surface area contributed by atoms with E-state index in [0.29, 0.717) is 23.2 Å². The average Bonchev–Trinajstić information content (AvgIpc) is 2.34. The molecule has 0 aromatic heterocycles. The van der Waals surface area contributed by atoms with Gasteiger partial charge in [0.25, 0.3) is 0 Å². The SMILES string of the molecule is COc1cc([C@@H](N)C2CCC2)cc(OC)c1OC. The molecule has 0 saturated heterocycles. The Morgan fingerprint density at radius 1 is 1.06 bits per heavy atom. The number of ether oxygens (including phenoxy) is 3. The highest BCUT2D eigenvalue weighted by Crippen LogP contribution is 2.43. The van der Waals surface area contributed by atoms with Gasteiger partial charge in [-0.2, -0.15) is 0 Å². The quantitative estimate of drug-likeness (QED) is 0.873. The third-order valence-corrected chi connectivity index (χ3v) is 3.73. The predicted octanol–water partition coefficient (Wildman–Crippen LogP) is 2.51. The van der Waals surface area contributed by atoms with E-state index in [2.05, 4.69) is 0 Å². The molecule has 1 aromatic rings. The molecule has 0 aliphatic heterocycles. The lowest BCUT2D eigenvalue weighted by Gasteiger charge is -2.32. The smallest absolute Gasteiger partial charge is 0.203 e. The summed E-state index contributed by atoms with van der Waals surface area (Å²) in [6.45, 7) is 0. The second-order valence-electron chi connectivity index (χ2n) is 4.68. The third kappa shape index (κ3) is 2.25. The van der Waals surface area contributed by atoms with E-state index in [9.17, 15) is 0 Å². The van der Waals surface area contributed by atoms with Crippen LogP contribution in [0.2, 0.25) is 0 Å². The maximum absolute atomic E-state index is 6.29. The fourth-order valence-electron chi connectivity index (χ4n) is 2.36. The number of benzene rings is 1. The molecule has 1 atom stereocenters. The first-order valence-corrected chi connectivity index (χ1v) is 6.26. The summed E-state index contributed by atoms with van der Waals surface area (Å²) < 4.78 is 16.0. The lowest BCUT2D eigenvalue weighted by Crippen LogP contribution is -2.26. The summed E-state index contributed by atoms with van der Waals surface area (Å²) in [6, 6.07) is 3.95. The van der Waals surface area contributed by atoms with Gasteiger partial charge in [-0.3, -0.25) is 0 Å². The molecule has 1 aromatic carbocycles. The molecule has 1 aliphatic carbocycles. The summed E-state index contributed by atoms with van der Waals surface area (Å²) >= 11 is 0. The number of rotatable bonds is 5. The van der Waals surface area contributed by atoms with Crippen molar-refractivity contribution in [2.45, 2.75) is 25.3 Å². The fourth-order valence-corrected chi connectivity index (χ4v) is 2.36. The highest BCUT2D eigenvalue weighted by molar-refractivity contribution is 5.54. The lowest BCUT2D eigenvalue weighted by atomic mass is 9.77. The number of methoxy groups -OCH3 is 3. The molecular formula is C14H21NO3. The van der Waals surface area contributed by atoms with E-state index in [-0.39, 0.29) is 6.04 Å². The van der Waals surface area contributed by atoms with Crippen molar-refractivity contribution in [3.8, 4) is 17.2 Å². The highest BCUT2D eigenvalue weighted by Gasteiger charge is 2.27. The van der Waals surface area contributed by atoms with Gasteiger partial charge in [0.15, 0.2) is 11.5 Å². The Morgan fingerprint density at radius 2 is 1.61 bits per heavy atom. The molecule has 0 heterocycles. The van der Waals surface area contributed by atoms with Crippen LogP contribution < -0.4 is 19.9 Å². The first-order valence-electron chi connectivity index (χ1n) is 6.26. The van der Waals surface area contributed by atoms with Crippen molar-refractivity contribution in [2.24, 2.45) is 11.7 Å². The zero-order chi connectivity index (χ0) is 13.1. The molecule has 4 heteroatoms. The molecule has 1 saturated carbocycles. The van der Waals surface area contributed by atoms with E-state index in [0.717, 1.165) is 5.56 Å². The van der Waals surface area contributed by atoms with Gasteiger partial charge in [0, 0.05) is 6.04 Å². The number of hydrogen-bond donors (Lipinski definition) is 1. The van der Waals surface area contributed by atoms with E-state index >= 15 is 0 Å². The van der Waals surface area contributed by atoms with Crippen LogP contribution in [-0.4, -0.2) is 21.3 Å². The highest BCUT2D eigenvalue weighted by atomic mass is 16.5. The molecule has 2 N–H and O–H groups in total. The van der Waals surface area contributed by atoms with Gasteiger partial charge in [0.05, 0.1) is 21.3 Å². The van der Waals surface area contributed by atoms with Crippen LogP contribution in [0.1, 0.15) is 30.9 Å². The zero-order valence-electron chi connectivity index (χ0n) is 11.2. The standard InChI is InChI=1S/C14H21NO3/c1-16-11-7-10(13(15)9-5-4-6-9)8-12(17-2)14(11)18-3/h7-9,13H,4-6,15H2,1-3H3/t13-/m0/s1. The van der Waals surface area contributed by atoms with E-state index in [4.69, 9.17) is 19.9 Å². The van der Waals surface area contributed by atoms with Gasteiger partial charge < -0.3 is 19.9 Å². The molecule has 0 radical (unpaired) electrons. The van der Waals surface area contributed by atoms with Gasteiger partial charge in [-0.25, -0.2) is 0 Å². The zero-order valence-corrected chi connectivity index (χ0v) is 11.2. The van der Waals surface area contributed by atoms with E-state index in [1.807, 2.05) is 12.1 Å². The van der Waals surface area contributed by atoms with Crippen molar-refractivity contribution in [1.29, 1.82) is 0 Å². The van der Waals surface area contributed by atoms with Gasteiger partial charge in [-0.05, 0) is 36.5 Å². The van der Waals surface area contributed by atoms with Gasteiger partial charge in [-0.1, -0.05) is 6.42 Å². The first-order chi connectivity index (χ1) is 8.71. The van der Waals surface area contributed by atoms with Crippen molar-refractivity contribution < 1.29 is 14.2 Å². The Morgan fingerprint density at radius 3 is 1.94 bits per heavy atom. The molecule has 0 bridgehead atoms. The molecule has 18 heavy (non-hydrogen) atoms. The molecule has 100 valence electrons. The van der Waals surface area contributed by atoms with Gasteiger partial charge in [0.2, 0.25) is 5.75 Å². The molecule has 0 amide bonds. The summed E-state index contributed by atoms with van der Waals surface area (Å²) in [4.78, 5) is 0. The van der Waals surface area contributed by atoms with Crippen LogP contribution in [0.25, 0.3) is 0 Å². The number of nitrogens with two attached hydrogens (primary N) is 1. The van der Waals surface area contributed by atoms with Crippen LogP contribution in [0, 0.1) is 5.92 Å². The first kappa shape index (κ1) is 13.0. The van der Waals surface area contributed by atoms with Crippen LogP contribution >= 0.6 is 0 Å². The van der Waals surface area contributed by atoms with Crippen molar-refractivity contribution >= 4 is 0 Å². The minimum absolute atomic E-state index is 0.0486. The Kier molecular flexibility index (Phi) is 3.97. The summed E-state index contributed by atoms with van der Waals surface area (Å²) in [5.74, 6) is 2.53. The monoisotopic (exact) mass is 251 g/mol. The predicted molar refractivity (Wildman–Crippen MR) is 70.4 cm³/mol. The molecule has 0 spiro atoms. The van der Waals surface area contributed by atoms with E-state index < -0.39 is 0 Å². The Hall–Kier alpha value is -1.42. The van der Waals surface area contributed by atoms with Crippen molar-refractivity contribution in [2.75, 3.05) is 21.3 Å². The van der Waals surface area contributed by atoms with Crippen molar-refractivity contribution in [1.82, 2.24) is 0 Å². The van der Waals surface area contributed by atoms with Gasteiger partial charge in [-0.15, -0.1) is 0 Å². The van der Waals surface area contributed by atoms with Crippen LogP contribution in [0.3, 0.4) is 0 Å². The minimum Gasteiger partial charge on any atom is -0.493 e. The lowest BCUT2D eigenvalue weighted by molar-refractivity contribution is 0.262. The second kappa shape index (κ2) is 5.48.